The van der Waals surface area contributed by atoms with Crippen molar-refractivity contribution in [2.45, 2.75) is 19.4 Å². The van der Waals surface area contributed by atoms with Crippen LogP contribution in [0, 0.1) is 11.3 Å². The van der Waals surface area contributed by atoms with Gasteiger partial charge in [-0.25, -0.2) is 0 Å². The molecule has 0 atom stereocenters. The van der Waals surface area contributed by atoms with Crippen molar-refractivity contribution in [3.05, 3.63) is 53.9 Å². The van der Waals surface area contributed by atoms with E-state index in [4.69, 9.17) is 5.26 Å². The summed E-state index contributed by atoms with van der Waals surface area (Å²) in [6, 6.07) is 13.2. The van der Waals surface area contributed by atoms with Gasteiger partial charge >= 0.3 is 0 Å². The van der Waals surface area contributed by atoms with Crippen molar-refractivity contribution in [2.24, 2.45) is 0 Å². The molecule has 1 aromatic heterocycles. The molecule has 1 aromatic carbocycles. The van der Waals surface area contributed by atoms with Gasteiger partial charge in [0.2, 0.25) is 0 Å². The van der Waals surface area contributed by atoms with E-state index in [9.17, 15) is 5.11 Å². The molecule has 3 heteroatoms. The number of aliphatic hydroxyl groups is 1. The van der Waals surface area contributed by atoms with Crippen LogP contribution in [0.25, 0.3) is 11.1 Å². The molecule has 3 nitrogen and oxygen atoms in total. The minimum Gasteiger partial charge on any atom is -0.384 e. The molecule has 0 aliphatic rings. The predicted octanol–water partition coefficient (Wildman–Crippen LogP) is 2.85. The maximum absolute atomic E-state index is 9.84. The second kappa shape index (κ2) is 4.59. The molecule has 0 aliphatic carbocycles. The van der Waals surface area contributed by atoms with Gasteiger partial charge in [0.05, 0.1) is 17.3 Å². The number of nitriles is 1. The average molecular weight is 238 g/mol. The number of aromatic nitrogens is 1. The lowest BCUT2D eigenvalue weighted by Crippen LogP contribution is -2.17. The van der Waals surface area contributed by atoms with Crippen LogP contribution in [0.2, 0.25) is 0 Å². The van der Waals surface area contributed by atoms with Crippen LogP contribution < -0.4 is 0 Å². The van der Waals surface area contributed by atoms with Crippen molar-refractivity contribution in [2.75, 3.05) is 0 Å². The molecule has 0 aliphatic heterocycles. The lowest BCUT2D eigenvalue weighted by molar-refractivity contribution is 0.0739. The van der Waals surface area contributed by atoms with Crippen molar-refractivity contribution in [1.29, 1.82) is 5.26 Å². The normalized spacial score (nSPS) is 11.0. The summed E-state index contributed by atoms with van der Waals surface area (Å²) >= 11 is 0. The zero-order valence-corrected chi connectivity index (χ0v) is 10.4. The van der Waals surface area contributed by atoms with Gasteiger partial charge in [-0.1, -0.05) is 24.3 Å². The highest BCUT2D eigenvalue weighted by Crippen LogP contribution is 2.24. The van der Waals surface area contributed by atoms with Gasteiger partial charge in [-0.3, -0.25) is 4.98 Å². The third kappa shape index (κ3) is 2.39. The molecular formula is C15H14N2O. The lowest BCUT2D eigenvalue weighted by atomic mass is 9.99. The number of pyridine rings is 1. The van der Waals surface area contributed by atoms with E-state index in [2.05, 4.69) is 11.1 Å². The standard InChI is InChI=1S/C15H14N2O/c1-15(2,18)14-8-7-12(10-17-14)13-6-4-3-5-11(13)9-16/h3-8,10,18H,1-2H3. The van der Waals surface area contributed by atoms with Crippen LogP contribution in [0.3, 0.4) is 0 Å². The largest absolute Gasteiger partial charge is 0.384 e. The first-order chi connectivity index (χ1) is 8.52. The van der Waals surface area contributed by atoms with E-state index in [1.807, 2.05) is 24.3 Å². The molecule has 0 fully saturated rings. The molecule has 18 heavy (non-hydrogen) atoms. The zero-order valence-electron chi connectivity index (χ0n) is 10.4. The van der Waals surface area contributed by atoms with Crippen molar-refractivity contribution in [3.63, 3.8) is 0 Å². The Hall–Kier alpha value is -2.18. The summed E-state index contributed by atoms with van der Waals surface area (Å²) in [4.78, 5) is 4.24. The van der Waals surface area contributed by atoms with Gasteiger partial charge in [0.1, 0.15) is 5.60 Å². The molecule has 0 saturated carbocycles. The van der Waals surface area contributed by atoms with Crippen LogP contribution in [0.15, 0.2) is 42.6 Å². The van der Waals surface area contributed by atoms with Crippen LogP contribution in [-0.2, 0) is 5.60 Å². The maximum atomic E-state index is 9.84. The molecular weight excluding hydrogens is 224 g/mol. The Bertz CT molecular complexity index is 589. The fourth-order valence-corrected chi connectivity index (χ4v) is 1.75. The van der Waals surface area contributed by atoms with Gasteiger partial charge in [0.25, 0.3) is 0 Å². The fourth-order valence-electron chi connectivity index (χ4n) is 1.75. The summed E-state index contributed by atoms with van der Waals surface area (Å²) in [6.45, 7) is 3.39. The SMILES string of the molecule is CC(C)(O)c1ccc(-c2ccccc2C#N)cn1. The molecule has 0 unspecified atom stereocenters. The van der Waals surface area contributed by atoms with Crippen LogP contribution in [0.4, 0.5) is 0 Å². The highest BCUT2D eigenvalue weighted by molar-refractivity contribution is 5.69. The predicted molar refractivity (Wildman–Crippen MR) is 69.6 cm³/mol. The zero-order chi connectivity index (χ0) is 13.2. The summed E-state index contributed by atoms with van der Waals surface area (Å²) in [5, 5.41) is 18.9. The van der Waals surface area contributed by atoms with Gasteiger partial charge in [-0.05, 0) is 26.0 Å². The van der Waals surface area contributed by atoms with E-state index in [-0.39, 0.29) is 0 Å². The number of nitrogens with zero attached hydrogens (tertiary/aromatic N) is 2. The Morgan fingerprint density at radius 3 is 2.44 bits per heavy atom. The van der Waals surface area contributed by atoms with Crippen molar-refractivity contribution in [3.8, 4) is 17.2 Å². The number of benzene rings is 1. The first-order valence-electron chi connectivity index (χ1n) is 5.71. The summed E-state index contributed by atoms with van der Waals surface area (Å²) in [6.07, 6.45) is 1.68. The van der Waals surface area contributed by atoms with Gasteiger partial charge in [0, 0.05) is 17.3 Å². The first kappa shape index (κ1) is 12.3. The second-order valence-electron chi connectivity index (χ2n) is 4.65. The van der Waals surface area contributed by atoms with Crippen molar-refractivity contribution in [1.82, 2.24) is 4.98 Å². The lowest BCUT2D eigenvalue weighted by Gasteiger charge is -2.16. The van der Waals surface area contributed by atoms with Gasteiger partial charge in [-0.15, -0.1) is 0 Å². The van der Waals surface area contributed by atoms with Crippen LogP contribution in [0.5, 0.6) is 0 Å². The Morgan fingerprint density at radius 2 is 1.89 bits per heavy atom. The fraction of sp³-hybridized carbons (Fsp3) is 0.200. The number of hydrogen-bond donors (Lipinski definition) is 1. The summed E-state index contributed by atoms with van der Waals surface area (Å²) in [7, 11) is 0. The number of rotatable bonds is 2. The van der Waals surface area contributed by atoms with E-state index >= 15 is 0 Å². The van der Waals surface area contributed by atoms with Gasteiger partial charge in [-0.2, -0.15) is 5.26 Å². The molecule has 2 aromatic rings. The minimum atomic E-state index is -0.951. The Labute approximate surface area is 106 Å². The third-order valence-corrected chi connectivity index (χ3v) is 2.75. The quantitative estimate of drug-likeness (QED) is 0.875. The minimum absolute atomic E-state index is 0.612. The Balaban J connectivity index is 2.45. The Kier molecular flexibility index (Phi) is 3.14. The molecule has 1 N–H and O–H groups in total. The molecule has 0 bridgehead atoms. The first-order valence-corrected chi connectivity index (χ1v) is 5.71. The summed E-state index contributed by atoms with van der Waals surface area (Å²) < 4.78 is 0. The van der Waals surface area contributed by atoms with Crippen LogP contribution in [0.1, 0.15) is 25.1 Å². The molecule has 0 amide bonds. The highest BCUT2D eigenvalue weighted by atomic mass is 16.3. The molecule has 0 spiro atoms. The van der Waals surface area contributed by atoms with E-state index < -0.39 is 5.60 Å². The monoisotopic (exact) mass is 238 g/mol. The van der Waals surface area contributed by atoms with E-state index in [1.165, 1.54) is 0 Å². The van der Waals surface area contributed by atoms with E-state index in [1.54, 1.807) is 32.2 Å². The van der Waals surface area contributed by atoms with Gasteiger partial charge in [0.15, 0.2) is 0 Å². The van der Waals surface area contributed by atoms with Crippen LogP contribution in [-0.4, -0.2) is 10.1 Å². The van der Waals surface area contributed by atoms with E-state index in [0.29, 0.717) is 11.3 Å². The van der Waals surface area contributed by atoms with Crippen molar-refractivity contribution < 1.29 is 5.11 Å². The third-order valence-electron chi connectivity index (χ3n) is 2.75. The van der Waals surface area contributed by atoms with Crippen molar-refractivity contribution >= 4 is 0 Å². The maximum Gasteiger partial charge on any atom is 0.101 e. The topological polar surface area (TPSA) is 56.9 Å². The summed E-state index contributed by atoms with van der Waals surface area (Å²) in [5.41, 5.74) is 2.01. The van der Waals surface area contributed by atoms with E-state index in [0.717, 1.165) is 11.1 Å². The summed E-state index contributed by atoms with van der Waals surface area (Å²) in [5.74, 6) is 0. The van der Waals surface area contributed by atoms with Gasteiger partial charge < -0.3 is 5.11 Å². The second-order valence-corrected chi connectivity index (χ2v) is 4.65. The molecule has 2 rings (SSSR count). The molecule has 90 valence electrons. The molecule has 0 radical (unpaired) electrons. The number of hydrogen-bond acceptors (Lipinski definition) is 3. The molecule has 0 saturated heterocycles. The smallest absolute Gasteiger partial charge is 0.101 e. The highest BCUT2D eigenvalue weighted by Gasteiger charge is 2.17. The molecule has 1 heterocycles. The van der Waals surface area contributed by atoms with Crippen LogP contribution >= 0.6 is 0 Å². The Morgan fingerprint density at radius 1 is 1.17 bits per heavy atom. The average Bonchev–Trinajstić information content (AvgIpc) is 2.38.